The average Bonchev–Trinajstić information content (AvgIpc) is 3.28. The Morgan fingerprint density at radius 2 is 1.19 bits per heavy atom. The van der Waals surface area contributed by atoms with Crippen molar-refractivity contribution in [1.29, 1.82) is 0 Å². The summed E-state index contributed by atoms with van der Waals surface area (Å²) in [5.41, 5.74) is 6.69. The molecule has 0 aromatic heterocycles. The second-order valence-electron chi connectivity index (χ2n) is 7.11. The number of allylic oxidation sites excluding steroid dienone is 8. The topological polar surface area (TPSA) is 0 Å². The summed E-state index contributed by atoms with van der Waals surface area (Å²) in [4.78, 5) is 0. The fraction of sp³-hybridized carbons (Fsp3) is 0.500. The van der Waals surface area contributed by atoms with Crippen molar-refractivity contribution in [2.75, 3.05) is 0 Å². The maximum absolute atomic E-state index is 2.42. The maximum Gasteiger partial charge on any atom is 2.00 e. The number of rotatable bonds is 0. The Balaban J connectivity index is 0.000000105. The number of fused-ring (bicyclic) bond motifs is 10. The van der Waals surface area contributed by atoms with Gasteiger partial charge in [0.15, 0.2) is 0 Å². The van der Waals surface area contributed by atoms with Crippen LogP contribution in [0.1, 0.15) is 51.4 Å². The van der Waals surface area contributed by atoms with E-state index in [1.807, 2.05) is 0 Å². The van der Waals surface area contributed by atoms with Crippen LogP contribution in [-0.2, 0) is 26.2 Å². The summed E-state index contributed by atoms with van der Waals surface area (Å²) < 4.78 is 0. The smallest absolute Gasteiger partial charge is 0.189 e. The summed E-state index contributed by atoms with van der Waals surface area (Å²) in [7, 11) is 0. The van der Waals surface area contributed by atoms with Crippen LogP contribution in [0.15, 0.2) is 46.6 Å². The van der Waals surface area contributed by atoms with E-state index in [9.17, 15) is 0 Å². The molecule has 21 heavy (non-hydrogen) atoms. The van der Waals surface area contributed by atoms with Gasteiger partial charge in [-0.15, -0.1) is 12.2 Å². The van der Waals surface area contributed by atoms with Crippen LogP contribution in [0.5, 0.6) is 0 Å². The minimum atomic E-state index is 0. The Kier molecular flexibility index (Phi) is 3.61. The van der Waals surface area contributed by atoms with Crippen molar-refractivity contribution in [3.8, 4) is 0 Å². The van der Waals surface area contributed by atoms with E-state index in [0.717, 1.165) is 11.8 Å². The first-order chi connectivity index (χ1) is 9.90. The van der Waals surface area contributed by atoms with Crippen molar-refractivity contribution in [3.63, 3.8) is 0 Å². The predicted octanol–water partition coefficient (Wildman–Crippen LogP) is 5.26. The van der Waals surface area contributed by atoms with Gasteiger partial charge in [-0.1, -0.05) is 63.2 Å². The first kappa shape index (κ1) is 14.2. The zero-order valence-electron chi connectivity index (χ0n) is 12.6. The fourth-order valence-corrected chi connectivity index (χ4v) is 5.25. The SMILES string of the molecule is C1=C2C(=CC1)C1CC[C-]2C1.C1=C2C(=CC1)C1CC[C-]2C1.[Zr+2]. The van der Waals surface area contributed by atoms with Gasteiger partial charge in [-0.05, 0) is 0 Å². The van der Waals surface area contributed by atoms with Gasteiger partial charge in [-0.2, -0.15) is 46.3 Å². The molecule has 106 valence electrons. The van der Waals surface area contributed by atoms with Crippen LogP contribution in [0.4, 0.5) is 0 Å². The van der Waals surface area contributed by atoms with Gasteiger partial charge in [0.2, 0.25) is 0 Å². The minimum absolute atomic E-state index is 0. The Morgan fingerprint density at radius 1 is 0.714 bits per heavy atom. The summed E-state index contributed by atoms with van der Waals surface area (Å²) in [6.45, 7) is 0. The molecule has 4 saturated carbocycles. The molecular formula is C20H22Zr. The monoisotopic (exact) mass is 352 g/mol. The standard InChI is InChI=1S/2C10H11.Zr/c2*1-2-9-7-4-5-8(6-7)10(9)3-1;/h2*2-3,7H,1,4-6H2;/q2*-1;+2. The summed E-state index contributed by atoms with van der Waals surface area (Å²) in [6.07, 6.45) is 20.6. The predicted molar refractivity (Wildman–Crippen MR) is 82.7 cm³/mol. The molecule has 0 aromatic rings. The van der Waals surface area contributed by atoms with Gasteiger partial charge in [-0.25, -0.2) is 0 Å². The second kappa shape index (κ2) is 5.34. The van der Waals surface area contributed by atoms with Crippen molar-refractivity contribution < 1.29 is 26.2 Å². The summed E-state index contributed by atoms with van der Waals surface area (Å²) in [6, 6.07) is 0. The van der Waals surface area contributed by atoms with Gasteiger partial charge in [0, 0.05) is 0 Å². The molecule has 2 atom stereocenters. The maximum atomic E-state index is 2.42. The van der Waals surface area contributed by atoms with Crippen LogP contribution in [-0.4, -0.2) is 0 Å². The third-order valence-corrected chi connectivity index (χ3v) is 6.16. The van der Waals surface area contributed by atoms with Crippen molar-refractivity contribution in [2.24, 2.45) is 11.8 Å². The zero-order valence-corrected chi connectivity index (χ0v) is 15.1. The van der Waals surface area contributed by atoms with Crippen LogP contribution >= 0.6 is 0 Å². The van der Waals surface area contributed by atoms with E-state index in [0.29, 0.717) is 0 Å². The van der Waals surface area contributed by atoms with Gasteiger partial charge in [-0.3, -0.25) is 0 Å². The molecule has 2 unspecified atom stereocenters. The molecular weight excluding hydrogens is 331 g/mol. The fourth-order valence-electron chi connectivity index (χ4n) is 5.25. The molecule has 0 heterocycles. The van der Waals surface area contributed by atoms with E-state index in [4.69, 9.17) is 0 Å². The van der Waals surface area contributed by atoms with Crippen LogP contribution in [0.3, 0.4) is 0 Å². The Bertz CT molecular complexity index is 475. The molecule has 0 spiro atoms. The van der Waals surface area contributed by atoms with Crippen molar-refractivity contribution in [3.05, 3.63) is 58.4 Å². The Morgan fingerprint density at radius 3 is 1.62 bits per heavy atom. The van der Waals surface area contributed by atoms with Gasteiger partial charge in [0.25, 0.3) is 0 Å². The quantitative estimate of drug-likeness (QED) is 0.521. The van der Waals surface area contributed by atoms with Gasteiger partial charge in [0.1, 0.15) is 0 Å². The van der Waals surface area contributed by atoms with Gasteiger partial charge < -0.3 is 0 Å². The first-order valence-electron chi connectivity index (χ1n) is 8.41. The van der Waals surface area contributed by atoms with Crippen LogP contribution < -0.4 is 0 Å². The van der Waals surface area contributed by atoms with Crippen molar-refractivity contribution in [2.45, 2.75) is 51.4 Å². The molecule has 0 aliphatic heterocycles. The molecule has 6 rings (SSSR count). The van der Waals surface area contributed by atoms with E-state index in [2.05, 4.69) is 24.3 Å². The molecule has 6 aliphatic carbocycles. The summed E-state index contributed by atoms with van der Waals surface area (Å²) >= 11 is 0. The third kappa shape index (κ3) is 2.11. The Labute approximate surface area is 147 Å². The molecule has 4 bridgehead atoms. The molecule has 6 aliphatic rings. The molecule has 0 nitrogen and oxygen atoms in total. The van der Waals surface area contributed by atoms with E-state index >= 15 is 0 Å². The van der Waals surface area contributed by atoms with Crippen molar-refractivity contribution in [1.82, 2.24) is 0 Å². The van der Waals surface area contributed by atoms with Crippen LogP contribution in [0, 0.1) is 23.7 Å². The first-order valence-corrected chi connectivity index (χ1v) is 8.41. The third-order valence-electron chi connectivity index (χ3n) is 6.16. The van der Waals surface area contributed by atoms with Crippen LogP contribution in [0.2, 0.25) is 0 Å². The average molecular weight is 354 g/mol. The molecule has 0 radical (unpaired) electrons. The molecule has 0 N–H and O–H groups in total. The summed E-state index contributed by atoms with van der Waals surface area (Å²) in [5.74, 6) is 5.41. The molecule has 1 heteroatoms. The second-order valence-corrected chi connectivity index (χ2v) is 7.11. The van der Waals surface area contributed by atoms with E-state index in [1.54, 1.807) is 34.1 Å². The molecule has 4 fully saturated rings. The minimum Gasteiger partial charge on any atom is -0.189 e. The molecule has 0 aromatic carbocycles. The number of hydrogen-bond acceptors (Lipinski definition) is 0. The van der Waals surface area contributed by atoms with Crippen molar-refractivity contribution >= 4 is 0 Å². The largest absolute Gasteiger partial charge is 2.00 e. The Hall–Kier alpha value is -0.417. The molecule has 0 saturated heterocycles. The van der Waals surface area contributed by atoms with E-state index < -0.39 is 0 Å². The molecule has 0 amide bonds. The zero-order chi connectivity index (χ0) is 13.1. The van der Waals surface area contributed by atoms with Gasteiger partial charge in [0.05, 0.1) is 0 Å². The van der Waals surface area contributed by atoms with E-state index in [-0.39, 0.29) is 26.2 Å². The number of hydrogen-bond donors (Lipinski definition) is 0. The normalized spacial score (nSPS) is 32.8. The summed E-state index contributed by atoms with van der Waals surface area (Å²) in [5, 5.41) is 0. The van der Waals surface area contributed by atoms with E-state index in [1.165, 1.54) is 51.4 Å². The van der Waals surface area contributed by atoms with Gasteiger partial charge >= 0.3 is 26.2 Å². The van der Waals surface area contributed by atoms with Crippen LogP contribution in [0.25, 0.3) is 0 Å².